The lowest BCUT2D eigenvalue weighted by molar-refractivity contribution is 0.0946. The standard InChI is InChI=1S/C12H17BrN2O2/c1-7(2)10(14)6-15-12(17)9-5-8(13)3-4-11(9)16/h3-5,7,10,16H,6,14H2,1-2H3,(H,15,17). The molecule has 1 aromatic rings. The molecule has 94 valence electrons. The molecule has 1 atom stereocenters. The smallest absolute Gasteiger partial charge is 0.255 e. The molecule has 1 rings (SSSR count). The maximum absolute atomic E-state index is 11.8. The molecule has 5 heteroatoms. The minimum Gasteiger partial charge on any atom is -0.507 e. The highest BCUT2D eigenvalue weighted by Crippen LogP contribution is 2.21. The number of hydrogen-bond acceptors (Lipinski definition) is 3. The van der Waals surface area contributed by atoms with Crippen LogP contribution in [0.5, 0.6) is 5.75 Å². The topological polar surface area (TPSA) is 75.3 Å². The second kappa shape index (κ2) is 6.02. The van der Waals surface area contributed by atoms with Gasteiger partial charge >= 0.3 is 0 Å². The summed E-state index contributed by atoms with van der Waals surface area (Å²) in [5.74, 6) is -0.0601. The van der Waals surface area contributed by atoms with Gasteiger partial charge in [-0.15, -0.1) is 0 Å². The number of benzene rings is 1. The van der Waals surface area contributed by atoms with Crippen molar-refractivity contribution in [3.63, 3.8) is 0 Å². The summed E-state index contributed by atoms with van der Waals surface area (Å²) in [4.78, 5) is 11.8. The van der Waals surface area contributed by atoms with Gasteiger partial charge in [0.2, 0.25) is 0 Å². The number of phenolic OH excluding ortho intramolecular Hbond substituents is 1. The first-order chi connectivity index (χ1) is 7.91. The molecule has 0 aliphatic rings. The van der Waals surface area contributed by atoms with E-state index in [1.54, 1.807) is 12.1 Å². The zero-order valence-corrected chi connectivity index (χ0v) is 11.5. The van der Waals surface area contributed by atoms with Crippen molar-refractivity contribution >= 4 is 21.8 Å². The van der Waals surface area contributed by atoms with E-state index in [2.05, 4.69) is 21.2 Å². The van der Waals surface area contributed by atoms with Crippen molar-refractivity contribution in [2.24, 2.45) is 11.7 Å². The minimum atomic E-state index is -0.320. The normalized spacial score (nSPS) is 12.5. The number of aromatic hydroxyl groups is 1. The number of hydrogen-bond donors (Lipinski definition) is 3. The summed E-state index contributed by atoms with van der Waals surface area (Å²) in [6, 6.07) is 4.63. The van der Waals surface area contributed by atoms with Gasteiger partial charge in [0.25, 0.3) is 5.91 Å². The van der Waals surface area contributed by atoms with Gasteiger partial charge in [0.05, 0.1) is 5.56 Å². The van der Waals surface area contributed by atoms with Crippen LogP contribution in [0.2, 0.25) is 0 Å². The summed E-state index contributed by atoms with van der Waals surface area (Å²) < 4.78 is 0.744. The average molecular weight is 301 g/mol. The molecule has 1 amide bonds. The number of carbonyl (C=O) groups is 1. The molecule has 0 aliphatic heterocycles. The maximum Gasteiger partial charge on any atom is 0.255 e. The third-order valence-electron chi connectivity index (χ3n) is 2.56. The largest absolute Gasteiger partial charge is 0.507 e. The average Bonchev–Trinajstić information content (AvgIpc) is 2.28. The molecule has 0 spiro atoms. The van der Waals surface area contributed by atoms with E-state index in [1.807, 2.05) is 13.8 Å². The molecule has 0 aliphatic carbocycles. The second-order valence-corrected chi connectivity index (χ2v) is 5.20. The molecule has 0 fully saturated rings. The fourth-order valence-corrected chi connectivity index (χ4v) is 1.59. The molecule has 0 saturated heterocycles. The van der Waals surface area contributed by atoms with Gasteiger partial charge < -0.3 is 16.2 Å². The molecule has 0 aromatic heterocycles. The van der Waals surface area contributed by atoms with Gasteiger partial charge in [-0.25, -0.2) is 0 Å². The van der Waals surface area contributed by atoms with E-state index in [0.29, 0.717) is 12.5 Å². The Labute approximate surface area is 109 Å². The Balaban J connectivity index is 2.67. The number of carbonyl (C=O) groups excluding carboxylic acids is 1. The van der Waals surface area contributed by atoms with Crippen molar-refractivity contribution in [1.82, 2.24) is 5.32 Å². The van der Waals surface area contributed by atoms with Gasteiger partial charge in [-0.1, -0.05) is 29.8 Å². The van der Waals surface area contributed by atoms with Crippen LogP contribution in [-0.2, 0) is 0 Å². The summed E-state index contributed by atoms with van der Waals surface area (Å²) in [6.45, 7) is 4.38. The van der Waals surface area contributed by atoms with Crippen LogP contribution < -0.4 is 11.1 Å². The monoisotopic (exact) mass is 300 g/mol. The van der Waals surface area contributed by atoms with Gasteiger partial charge in [-0.05, 0) is 24.1 Å². The Hall–Kier alpha value is -1.07. The molecule has 17 heavy (non-hydrogen) atoms. The van der Waals surface area contributed by atoms with Crippen molar-refractivity contribution in [2.75, 3.05) is 6.54 Å². The van der Waals surface area contributed by atoms with E-state index in [1.165, 1.54) is 6.07 Å². The van der Waals surface area contributed by atoms with E-state index < -0.39 is 0 Å². The molecule has 0 heterocycles. The van der Waals surface area contributed by atoms with Crippen LogP contribution in [0.15, 0.2) is 22.7 Å². The van der Waals surface area contributed by atoms with E-state index >= 15 is 0 Å². The molecular formula is C12H17BrN2O2. The highest BCUT2D eigenvalue weighted by atomic mass is 79.9. The van der Waals surface area contributed by atoms with Crippen LogP contribution in [0.25, 0.3) is 0 Å². The van der Waals surface area contributed by atoms with Crippen molar-refractivity contribution in [3.05, 3.63) is 28.2 Å². The van der Waals surface area contributed by atoms with Crippen LogP contribution in [-0.4, -0.2) is 23.6 Å². The van der Waals surface area contributed by atoms with Gasteiger partial charge in [0.15, 0.2) is 0 Å². The first-order valence-electron chi connectivity index (χ1n) is 5.44. The SMILES string of the molecule is CC(C)C(N)CNC(=O)c1cc(Br)ccc1O. The summed E-state index contributed by atoms with van der Waals surface area (Å²) >= 11 is 3.25. The first-order valence-corrected chi connectivity index (χ1v) is 6.23. The third kappa shape index (κ3) is 4.02. The number of amides is 1. The predicted octanol–water partition coefficient (Wildman–Crippen LogP) is 1.87. The Bertz CT molecular complexity index is 407. The fraction of sp³-hybridized carbons (Fsp3) is 0.417. The molecule has 0 radical (unpaired) electrons. The van der Waals surface area contributed by atoms with Crippen LogP contribution in [0.1, 0.15) is 24.2 Å². The van der Waals surface area contributed by atoms with E-state index in [-0.39, 0.29) is 23.3 Å². The van der Waals surface area contributed by atoms with Crippen LogP contribution in [0.4, 0.5) is 0 Å². The number of nitrogens with one attached hydrogen (secondary N) is 1. The quantitative estimate of drug-likeness (QED) is 0.794. The Morgan fingerprint density at radius 2 is 2.18 bits per heavy atom. The second-order valence-electron chi connectivity index (χ2n) is 4.28. The molecule has 1 unspecified atom stereocenters. The van der Waals surface area contributed by atoms with E-state index in [4.69, 9.17) is 5.73 Å². The van der Waals surface area contributed by atoms with Crippen molar-refractivity contribution in [1.29, 1.82) is 0 Å². The van der Waals surface area contributed by atoms with Gasteiger partial charge in [-0.3, -0.25) is 4.79 Å². The minimum absolute atomic E-state index is 0.0381. The number of rotatable bonds is 4. The van der Waals surface area contributed by atoms with Crippen LogP contribution in [0, 0.1) is 5.92 Å². The molecule has 0 bridgehead atoms. The zero-order chi connectivity index (χ0) is 13.0. The van der Waals surface area contributed by atoms with Gasteiger partial charge in [-0.2, -0.15) is 0 Å². The summed E-state index contributed by atoms with van der Waals surface area (Å²) in [6.07, 6.45) is 0. The lowest BCUT2D eigenvalue weighted by Gasteiger charge is -2.16. The summed E-state index contributed by atoms with van der Waals surface area (Å²) in [7, 11) is 0. The van der Waals surface area contributed by atoms with E-state index in [0.717, 1.165) is 4.47 Å². The number of phenols is 1. The molecular weight excluding hydrogens is 284 g/mol. The van der Waals surface area contributed by atoms with Crippen molar-refractivity contribution in [3.8, 4) is 5.75 Å². The zero-order valence-electron chi connectivity index (χ0n) is 9.90. The van der Waals surface area contributed by atoms with Crippen LogP contribution >= 0.6 is 15.9 Å². The lowest BCUT2D eigenvalue weighted by atomic mass is 10.1. The van der Waals surface area contributed by atoms with Crippen molar-refractivity contribution < 1.29 is 9.90 Å². The molecule has 1 aromatic carbocycles. The Morgan fingerprint density at radius 1 is 1.53 bits per heavy atom. The molecule has 4 nitrogen and oxygen atoms in total. The molecule has 4 N–H and O–H groups in total. The van der Waals surface area contributed by atoms with E-state index in [9.17, 15) is 9.90 Å². The predicted molar refractivity (Wildman–Crippen MR) is 71.0 cm³/mol. The maximum atomic E-state index is 11.8. The highest BCUT2D eigenvalue weighted by Gasteiger charge is 2.14. The number of halogens is 1. The number of nitrogens with two attached hydrogens (primary N) is 1. The van der Waals surface area contributed by atoms with Gasteiger partial charge in [0.1, 0.15) is 5.75 Å². The van der Waals surface area contributed by atoms with Crippen LogP contribution in [0.3, 0.4) is 0 Å². The Kier molecular flexibility index (Phi) is 4.96. The third-order valence-corrected chi connectivity index (χ3v) is 3.05. The highest BCUT2D eigenvalue weighted by molar-refractivity contribution is 9.10. The Morgan fingerprint density at radius 3 is 2.76 bits per heavy atom. The lowest BCUT2D eigenvalue weighted by Crippen LogP contribution is -2.40. The fourth-order valence-electron chi connectivity index (χ4n) is 1.23. The summed E-state index contributed by atoms with van der Waals surface area (Å²) in [5, 5.41) is 12.3. The summed E-state index contributed by atoms with van der Waals surface area (Å²) in [5.41, 5.74) is 6.07. The van der Waals surface area contributed by atoms with Crippen molar-refractivity contribution in [2.45, 2.75) is 19.9 Å². The first kappa shape index (κ1) is 14.0. The van der Waals surface area contributed by atoms with Gasteiger partial charge in [0, 0.05) is 17.1 Å². The molecule has 0 saturated carbocycles.